The van der Waals surface area contributed by atoms with Gasteiger partial charge in [0.25, 0.3) is 0 Å². The molecule has 4 rings (SSSR count). The molecule has 1 aromatic carbocycles. The molecular weight excluding hydrogens is 356 g/mol. The van der Waals surface area contributed by atoms with Gasteiger partial charge in [-0.2, -0.15) is 0 Å². The lowest BCUT2D eigenvalue weighted by Crippen LogP contribution is -2.35. The molecule has 0 bridgehead atoms. The Labute approximate surface area is 164 Å². The van der Waals surface area contributed by atoms with Gasteiger partial charge >= 0.3 is 0 Å². The van der Waals surface area contributed by atoms with Gasteiger partial charge in [0, 0.05) is 49.2 Å². The molecule has 1 aliphatic rings. The maximum Gasteiger partial charge on any atom is 0.134 e. The van der Waals surface area contributed by atoms with E-state index < -0.39 is 0 Å². The van der Waals surface area contributed by atoms with Crippen LogP contribution in [0.25, 0.3) is 11.3 Å². The van der Waals surface area contributed by atoms with Crippen molar-refractivity contribution in [3.8, 4) is 17.0 Å². The van der Waals surface area contributed by atoms with Crippen LogP contribution in [0.2, 0.25) is 0 Å². The van der Waals surface area contributed by atoms with Crippen molar-refractivity contribution in [1.82, 2.24) is 20.0 Å². The van der Waals surface area contributed by atoms with Crippen LogP contribution in [0, 0.1) is 6.92 Å². The largest absolute Gasteiger partial charge is 0.487 e. The topological polar surface area (TPSA) is 84.5 Å². The molecule has 0 spiro atoms. The molecule has 7 heteroatoms. The van der Waals surface area contributed by atoms with Gasteiger partial charge in [-0.15, -0.1) is 0 Å². The van der Waals surface area contributed by atoms with Crippen molar-refractivity contribution in [2.45, 2.75) is 39.0 Å². The Kier molecular flexibility index (Phi) is 5.64. The summed E-state index contributed by atoms with van der Waals surface area (Å²) < 4.78 is 11.2. The number of aliphatic hydroxyl groups excluding tert-OH is 1. The van der Waals surface area contributed by atoms with E-state index in [1.807, 2.05) is 25.1 Å². The first-order chi connectivity index (χ1) is 13.7. The van der Waals surface area contributed by atoms with Gasteiger partial charge in [-0.1, -0.05) is 5.16 Å². The molecule has 0 saturated carbocycles. The van der Waals surface area contributed by atoms with Crippen LogP contribution in [0.5, 0.6) is 5.75 Å². The summed E-state index contributed by atoms with van der Waals surface area (Å²) in [5.74, 6) is 1.59. The molecule has 0 atom stereocenters. The van der Waals surface area contributed by atoms with Crippen molar-refractivity contribution in [1.29, 1.82) is 0 Å². The summed E-state index contributed by atoms with van der Waals surface area (Å²) in [5, 5.41) is 13.8. The molecule has 28 heavy (non-hydrogen) atoms. The van der Waals surface area contributed by atoms with Crippen molar-refractivity contribution in [2.24, 2.45) is 0 Å². The number of benzene rings is 1. The Morgan fingerprint density at radius 1 is 1.21 bits per heavy atom. The van der Waals surface area contributed by atoms with E-state index in [1.54, 1.807) is 18.6 Å². The molecule has 146 valence electrons. The Bertz CT molecular complexity index is 905. The molecule has 3 heterocycles. The van der Waals surface area contributed by atoms with Crippen LogP contribution in [0.4, 0.5) is 0 Å². The molecule has 0 aliphatic carbocycles. The summed E-state index contributed by atoms with van der Waals surface area (Å²) in [7, 11) is 0. The molecule has 0 radical (unpaired) electrons. The fourth-order valence-electron chi connectivity index (χ4n) is 3.41. The summed E-state index contributed by atoms with van der Waals surface area (Å²) >= 11 is 0. The minimum Gasteiger partial charge on any atom is -0.487 e. The minimum absolute atomic E-state index is 0.187. The van der Waals surface area contributed by atoms with E-state index in [9.17, 15) is 5.11 Å². The first-order valence-corrected chi connectivity index (χ1v) is 9.52. The molecule has 1 saturated heterocycles. The number of hydrogen-bond donors (Lipinski definition) is 1. The number of aliphatic hydroxyl groups is 1. The number of aryl methyl sites for hydroxylation is 1. The number of ether oxygens (including phenoxy) is 1. The van der Waals surface area contributed by atoms with Crippen LogP contribution in [-0.4, -0.2) is 44.3 Å². The molecule has 2 aromatic heterocycles. The third kappa shape index (κ3) is 4.55. The van der Waals surface area contributed by atoms with Gasteiger partial charge in [0.05, 0.1) is 18.0 Å². The lowest BCUT2D eigenvalue weighted by atomic mass is 10.0. The van der Waals surface area contributed by atoms with Gasteiger partial charge in [0.1, 0.15) is 23.8 Å². The van der Waals surface area contributed by atoms with Gasteiger partial charge in [-0.25, -0.2) is 0 Å². The zero-order valence-corrected chi connectivity index (χ0v) is 15.9. The number of rotatable bonds is 6. The molecule has 7 nitrogen and oxygen atoms in total. The second-order valence-corrected chi connectivity index (χ2v) is 7.14. The minimum atomic E-state index is -0.187. The first kappa shape index (κ1) is 18.6. The number of nitrogens with zero attached hydrogens (tertiary/aromatic N) is 4. The first-order valence-electron chi connectivity index (χ1n) is 9.52. The van der Waals surface area contributed by atoms with E-state index in [2.05, 4.69) is 26.1 Å². The van der Waals surface area contributed by atoms with Crippen LogP contribution in [0.15, 0.2) is 47.4 Å². The lowest BCUT2D eigenvalue weighted by molar-refractivity contribution is 0.0787. The third-order valence-electron chi connectivity index (χ3n) is 4.92. The van der Waals surface area contributed by atoms with E-state index in [4.69, 9.17) is 9.26 Å². The summed E-state index contributed by atoms with van der Waals surface area (Å²) in [5.41, 5.74) is 3.68. The standard InChI is InChI=1S/C21H24N4O3/c1-15-10-18(24-28-15)14-27-21-3-2-16(20-12-22-6-7-23-20)11-17(21)13-25-8-4-19(26)5-9-25/h2-3,6-7,10-12,19,26H,4-5,8-9,13-14H2,1H3. The molecule has 0 unspecified atom stereocenters. The maximum absolute atomic E-state index is 9.77. The van der Waals surface area contributed by atoms with E-state index in [0.717, 1.165) is 66.5 Å². The highest BCUT2D eigenvalue weighted by molar-refractivity contribution is 5.61. The van der Waals surface area contributed by atoms with E-state index >= 15 is 0 Å². The fourth-order valence-corrected chi connectivity index (χ4v) is 3.41. The Morgan fingerprint density at radius 2 is 2.07 bits per heavy atom. The number of aromatic nitrogens is 3. The van der Waals surface area contributed by atoms with Crippen molar-refractivity contribution in [3.05, 3.63) is 59.9 Å². The predicted molar refractivity (Wildman–Crippen MR) is 104 cm³/mol. The van der Waals surface area contributed by atoms with E-state index in [0.29, 0.717) is 6.61 Å². The zero-order chi connectivity index (χ0) is 19.3. The van der Waals surface area contributed by atoms with Crippen LogP contribution < -0.4 is 4.74 Å². The molecule has 3 aromatic rings. The number of hydrogen-bond acceptors (Lipinski definition) is 7. The lowest BCUT2D eigenvalue weighted by Gasteiger charge is -2.30. The van der Waals surface area contributed by atoms with Crippen LogP contribution in [0.3, 0.4) is 0 Å². The van der Waals surface area contributed by atoms with Crippen LogP contribution in [0.1, 0.15) is 29.9 Å². The highest BCUT2D eigenvalue weighted by Gasteiger charge is 2.19. The highest BCUT2D eigenvalue weighted by Crippen LogP contribution is 2.28. The van der Waals surface area contributed by atoms with Gasteiger partial charge in [0.2, 0.25) is 0 Å². The van der Waals surface area contributed by atoms with Crippen molar-refractivity contribution < 1.29 is 14.4 Å². The fraction of sp³-hybridized carbons (Fsp3) is 0.381. The smallest absolute Gasteiger partial charge is 0.134 e. The number of likely N-dealkylation sites (tertiary alicyclic amines) is 1. The Balaban J connectivity index is 1.56. The summed E-state index contributed by atoms with van der Waals surface area (Å²) in [6.45, 7) is 4.72. The molecule has 1 N–H and O–H groups in total. The maximum atomic E-state index is 9.77. The van der Waals surface area contributed by atoms with E-state index in [1.165, 1.54) is 0 Å². The molecule has 1 aliphatic heterocycles. The predicted octanol–water partition coefficient (Wildman–Crippen LogP) is 2.98. The van der Waals surface area contributed by atoms with Gasteiger partial charge in [-0.3, -0.25) is 14.9 Å². The average Bonchev–Trinajstić information content (AvgIpc) is 3.14. The Hall–Kier alpha value is -2.77. The third-order valence-corrected chi connectivity index (χ3v) is 4.92. The van der Waals surface area contributed by atoms with Crippen molar-refractivity contribution in [2.75, 3.05) is 13.1 Å². The summed E-state index contributed by atoms with van der Waals surface area (Å²) in [6, 6.07) is 7.96. The van der Waals surface area contributed by atoms with E-state index in [-0.39, 0.29) is 6.10 Å². The van der Waals surface area contributed by atoms with Gasteiger partial charge in [-0.05, 0) is 38.0 Å². The van der Waals surface area contributed by atoms with Crippen molar-refractivity contribution >= 4 is 0 Å². The number of piperidine rings is 1. The second-order valence-electron chi connectivity index (χ2n) is 7.14. The second kappa shape index (κ2) is 8.50. The van der Waals surface area contributed by atoms with Crippen LogP contribution >= 0.6 is 0 Å². The monoisotopic (exact) mass is 380 g/mol. The quantitative estimate of drug-likeness (QED) is 0.704. The van der Waals surface area contributed by atoms with Gasteiger partial charge in [0.15, 0.2) is 0 Å². The highest BCUT2D eigenvalue weighted by atomic mass is 16.5. The molecule has 0 amide bonds. The average molecular weight is 380 g/mol. The van der Waals surface area contributed by atoms with Crippen LogP contribution in [-0.2, 0) is 13.2 Å². The summed E-state index contributed by atoms with van der Waals surface area (Å²) in [6.07, 6.45) is 6.54. The SMILES string of the molecule is Cc1cc(COc2ccc(-c3cnccn3)cc2CN2CCC(O)CC2)no1. The Morgan fingerprint density at radius 3 is 2.79 bits per heavy atom. The summed E-state index contributed by atoms with van der Waals surface area (Å²) in [4.78, 5) is 10.9. The normalized spacial score (nSPS) is 15.6. The van der Waals surface area contributed by atoms with Gasteiger partial charge < -0.3 is 14.4 Å². The van der Waals surface area contributed by atoms with Crippen molar-refractivity contribution in [3.63, 3.8) is 0 Å². The zero-order valence-electron chi connectivity index (χ0n) is 15.9. The molecule has 1 fully saturated rings. The molecular formula is C21H24N4O3.